The van der Waals surface area contributed by atoms with Gasteiger partial charge in [-0.15, -0.1) is 0 Å². The molecule has 0 atom stereocenters. The molecule has 0 saturated heterocycles. The van der Waals surface area contributed by atoms with Crippen LogP contribution in [-0.2, 0) is 4.74 Å². The van der Waals surface area contributed by atoms with E-state index >= 15 is 0 Å². The molecular formula is C14H8N6O2. The average molecular weight is 292 g/mol. The highest BCUT2D eigenvalue weighted by Crippen LogP contribution is 2.20. The van der Waals surface area contributed by atoms with E-state index in [4.69, 9.17) is 26.3 Å². The minimum atomic E-state index is -0.678. The topological polar surface area (TPSA) is 142 Å². The van der Waals surface area contributed by atoms with E-state index in [0.29, 0.717) is 5.69 Å². The van der Waals surface area contributed by atoms with Crippen LogP contribution in [0, 0.1) is 34.0 Å². The van der Waals surface area contributed by atoms with Crippen molar-refractivity contribution >= 4 is 11.7 Å². The third-order valence-corrected chi connectivity index (χ3v) is 2.73. The second kappa shape index (κ2) is 6.08. The van der Waals surface area contributed by atoms with Crippen LogP contribution in [0.25, 0.3) is 5.69 Å². The van der Waals surface area contributed by atoms with E-state index in [1.165, 1.54) is 16.8 Å². The number of nitrogen functional groups attached to an aromatic ring is 1. The fourth-order valence-electron chi connectivity index (χ4n) is 1.75. The molecule has 0 saturated carbocycles. The first kappa shape index (κ1) is 14.6. The van der Waals surface area contributed by atoms with Crippen molar-refractivity contribution in [3.8, 4) is 23.9 Å². The fraction of sp³-hybridized carbons (Fsp3) is 0.0714. The van der Waals surface area contributed by atoms with Crippen LogP contribution in [-0.4, -0.2) is 22.4 Å². The van der Waals surface area contributed by atoms with Gasteiger partial charge in [0.05, 0.1) is 11.3 Å². The zero-order chi connectivity index (χ0) is 16.1. The summed E-state index contributed by atoms with van der Waals surface area (Å²) < 4.78 is 5.88. The number of aromatic nitrogens is 2. The smallest absolute Gasteiger partial charge is 0.339 e. The van der Waals surface area contributed by atoms with Crippen LogP contribution >= 0.6 is 0 Å². The van der Waals surface area contributed by atoms with Gasteiger partial charge in [-0.1, -0.05) is 6.07 Å². The Balaban J connectivity index is 2.48. The normalized spacial score (nSPS) is 9.32. The number of nitrogens with zero attached hydrogens (tertiary/aromatic N) is 5. The van der Waals surface area contributed by atoms with E-state index in [1.807, 2.05) is 6.07 Å². The Kier molecular flexibility index (Phi) is 4.03. The van der Waals surface area contributed by atoms with Gasteiger partial charge in [0.1, 0.15) is 23.9 Å². The summed E-state index contributed by atoms with van der Waals surface area (Å²) in [5.74, 6) is -0.678. The molecule has 22 heavy (non-hydrogen) atoms. The molecule has 0 aliphatic rings. The highest BCUT2D eigenvalue weighted by atomic mass is 16.5. The van der Waals surface area contributed by atoms with Crippen molar-refractivity contribution in [2.24, 2.45) is 0 Å². The van der Waals surface area contributed by atoms with Crippen LogP contribution in [0.3, 0.4) is 0 Å². The van der Waals surface area contributed by atoms with Gasteiger partial charge in [0.15, 0.2) is 18.0 Å². The van der Waals surface area contributed by atoms with Crippen LogP contribution < -0.4 is 5.73 Å². The summed E-state index contributed by atoms with van der Waals surface area (Å²) in [4.78, 5) is 11.7. The van der Waals surface area contributed by atoms with Crippen molar-refractivity contribution in [2.75, 3.05) is 12.3 Å². The van der Waals surface area contributed by atoms with Gasteiger partial charge in [-0.05, 0) is 18.2 Å². The van der Waals surface area contributed by atoms with Crippen molar-refractivity contribution in [2.45, 2.75) is 0 Å². The van der Waals surface area contributed by atoms with Gasteiger partial charge in [-0.3, -0.25) is 0 Å². The molecule has 2 N–H and O–H groups in total. The number of rotatable bonds is 3. The minimum Gasteiger partial charge on any atom is -0.447 e. The molecule has 0 fully saturated rings. The van der Waals surface area contributed by atoms with E-state index in [2.05, 4.69) is 5.10 Å². The first-order valence-electron chi connectivity index (χ1n) is 5.95. The Labute approximate surface area is 125 Å². The van der Waals surface area contributed by atoms with Gasteiger partial charge < -0.3 is 10.5 Å². The lowest BCUT2D eigenvalue weighted by Crippen LogP contribution is -2.07. The van der Waals surface area contributed by atoms with E-state index in [1.54, 1.807) is 24.3 Å². The van der Waals surface area contributed by atoms with Gasteiger partial charge >= 0.3 is 5.97 Å². The molecule has 1 heterocycles. The van der Waals surface area contributed by atoms with Gasteiger partial charge in [-0.2, -0.15) is 20.9 Å². The quantitative estimate of drug-likeness (QED) is 0.827. The van der Waals surface area contributed by atoms with Gasteiger partial charge in [0.25, 0.3) is 0 Å². The summed E-state index contributed by atoms with van der Waals surface area (Å²) in [6.07, 6.45) is 0. The number of hydrogen-bond donors (Lipinski definition) is 1. The molecule has 0 aliphatic heterocycles. The highest BCUT2D eigenvalue weighted by Gasteiger charge is 2.17. The largest absolute Gasteiger partial charge is 0.447 e. The number of anilines is 1. The zero-order valence-corrected chi connectivity index (χ0v) is 11.1. The van der Waals surface area contributed by atoms with Gasteiger partial charge in [-0.25, -0.2) is 9.48 Å². The Morgan fingerprint density at radius 1 is 1.32 bits per heavy atom. The highest BCUT2D eigenvalue weighted by molar-refractivity contribution is 5.90. The summed E-state index contributed by atoms with van der Waals surface area (Å²) in [6.45, 7) is -0.361. The van der Waals surface area contributed by atoms with E-state index in [0.717, 1.165) is 0 Å². The fourth-order valence-corrected chi connectivity index (χ4v) is 1.75. The Morgan fingerprint density at radius 3 is 2.73 bits per heavy atom. The number of carbonyl (C=O) groups excluding carboxylic acids is 1. The van der Waals surface area contributed by atoms with Crippen LogP contribution in [0.2, 0.25) is 0 Å². The molecule has 0 radical (unpaired) electrons. The molecule has 1 aromatic heterocycles. The first-order chi connectivity index (χ1) is 10.6. The maximum Gasteiger partial charge on any atom is 0.339 e. The predicted molar refractivity (Wildman–Crippen MR) is 73.3 cm³/mol. The average Bonchev–Trinajstić information content (AvgIpc) is 2.88. The van der Waals surface area contributed by atoms with Crippen molar-refractivity contribution < 1.29 is 9.53 Å². The zero-order valence-electron chi connectivity index (χ0n) is 11.1. The van der Waals surface area contributed by atoms with Crippen molar-refractivity contribution in [1.29, 1.82) is 15.8 Å². The van der Waals surface area contributed by atoms with Crippen molar-refractivity contribution in [1.82, 2.24) is 9.78 Å². The van der Waals surface area contributed by atoms with E-state index in [9.17, 15) is 4.79 Å². The molecular weight excluding hydrogens is 284 g/mol. The number of esters is 1. The van der Waals surface area contributed by atoms with Gasteiger partial charge in [0, 0.05) is 0 Å². The lowest BCUT2D eigenvalue weighted by molar-refractivity contribution is 0.0555. The molecule has 106 valence electrons. The molecule has 1 aromatic carbocycles. The summed E-state index contributed by atoms with van der Waals surface area (Å²) in [5, 5.41) is 30.4. The number of nitriles is 3. The summed E-state index contributed by atoms with van der Waals surface area (Å²) in [6, 6.07) is 11.4. The molecule has 0 aliphatic carbocycles. The van der Waals surface area contributed by atoms with E-state index in [-0.39, 0.29) is 29.2 Å². The van der Waals surface area contributed by atoms with Crippen LogP contribution in [0.15, 0.2) is 24.3 Å². The Bertz CT molecular complexity index is 863. The lowest BCUT2D eigenvalue weighted by Gasteiger charge is -2.05. The minimum absolute atomic E-state index is 0.000841. The maximum atomic E-state index is 11.7. The van der Waals surface area contributed by atoms with Crippen molar-refractivity contribution in [3.05, 3.63) is 41.2 Å². The van der Waals surface area contributed by atoms with Crippen LogP contribution in [0.1, 0.15) is 21.7 Å². The Morgan fingerprint density at radius 2 is 2.09 bits per heavy atom. The number of nitrogens with two attached hydrogens (primary N) is 1. The number of ether oxygens (including phenoxy) is 1. The molecule has 0 amide bonds. The summed E-state index contributed by atoms with van der Waals surface area (Å²) in [7, 11) is 0. The summed E-state index contributed by atoms with van der Waals surface area (Å²) in [5.41, 5.74) is 6.12. The maximum absolute atomic E-state index is 11.7. The molecule has 2 rings (SSSR count). The second-order valence-corrected chi connectivity index (χ2v) is 4.03. The lowest BCUT2D eigenvalue weighted by atomic mass is 10.2. The summed E-state index contributed by atoms with van der Waals surface area (Å²) >= 11 is 0. The number of carbonyl (C=O) groups is 1. The molecule has 8 nitrogen and oxygen atoms in total. The Hall–Kier alpha value is -3.83. The van der Waals surface area contributed by atoms with E-state index < -0.39 is 5.97 Å². The second-order valence-electron chi connectivity index (χ2n) is 4.03. The van der Waals surface area contributed by atoms with Gasteiger partial charge in [0.2, 0.25) is 0 Å². The molecule has 2 aromatic rings. The third kappa shape index (κ3) is 2.55. The molecule has 0 spiro atoms. The third-order valence-electron chi connectivity index (χ3n) is 2.73. The van der Waals surface area contributed by atoms with Crippen LogP contribution in [0.5, 0.6) is 0 Å². The standard InChI is InChI=1S/C14H8N6O2/c15-4-5-22-14(21)9-2-1-3-10(6-9)20-12(8-17)13(18)11(7-16)19-20/h1-3,6H,5,18H2. The molecule has 0 unspecified atom stereocenters. The number of hydrogen-bond acceptors (Lipinski definition) is 7. The predicted octanol–water partition coefficient (Wildman–Crippen LogP) is 0.878. The monoisotopic (exact) mass is 292 g/mol. The first-order valence-corrected chi connectivity index (χ1v) is 5.95. The van der Waals surface area contributed by atoms with Crippen LogP contribution in [0.4, 0.5) is 5.69 Å². The number of benzene rings is 1. The SMILES string of the molecule is N#CCOC(=O)c1cccc(-n2nc(C#N)c(N)c2C#N)c1. The van der Waals surface area contributed by atoms with Crippen molar-refractivity contribution in [3.63, 3.8) is 0 Å². The molecule has 0 bridgehead atoms. The molecule has 8 heteroatoms.